The average Bonchev–Trinajstić information content (AvgIpc) is 2.30. The van der Waals surface area contributed by atoms with E-state index in [1.54, 1.807) is 0 Å². The molecule has 1 aliphatic carbocycles. The van der Waals surface area contributed by atoms with Crippen molar-refractivity contribution < 1.29 is 4.74 Å². The summed E-state index contributed by atoms with van der Waals surface area (Å²) in [4.78, 5) is 2.18. The molecule has 0 fully saturated rings. The number of ether oxygens (including phenoxy) is 1. The van der Waals surface area contributed by atoms with Crippen LogP contribution in [0.4, 0.5) is 5.69 Å². The summed E-state index contributed by atoms with van der Waals surface area (Å²) in [5, 5.41) is 0. The second-order valence-electron chi connectivity index (χ2n) is 3.71. The summed E-state index contributed by atoms with van der Waals surface area (Å²) in [5.74, 6) is 7.85. The first kappa shape index (κ1) is 8.43. The standard InChI is InChI=1S/C13H11NO/c1-14-10-6-2-4-8-12(10)15-13-9-5-3-7-11(13)14/h2,4,6,8H,3,7H2,1H3. The fourth-order valence-electron chi connectivity index (χ4n) is 1.99. The zero-order valence-electron chi connectivity index (χ0n) is 8.58. The molecule has 2 heteroatoms. The molecule has 0 unspecified atom stereocenters. The SMILES string of the molecule is CN1C2=C(C#CCC2)Oc2ccccc21. The van der Waals surface area contributed by atoms with E-state index in [1.807, 2.05) is 18.2 Å². The second kappa shape index (κ2) is 3.06. The van der Waals surface area contributed by atoms with Crippen molar-refractivity contribution in [2.45, 2.75) is 12.8 Å². The van der Waals surface area contributed by atoms with E-state index in [9.17, 15) is 0 Å². The Kier molecular flexibility index (Phi) is 1.72. The van der Waals surface area contributed by atoms with E-state index < -0.39 is 0 Å². The molecule has 15 heavy (non-hydrogen) atoms. The highest BCUT2D eigenvalue weighted by Gasteiger charge is 2.23. The van der Waals surface area contributed by atoms with Crippen LogP contribution >= 0.6 is 0 Å². The van der Waals surface area contributed by atoms with Gasteiger partial charge in [-0.05, 0) is 18.1 Å². The van der Waals surface area contributed by atoms with Gasteiger partial charge in [-0.15, -0.1) is 0 Å². The topological polar surface area (TPSA) is 12.5 Å². The molecule has 0 saturated heterocycles. The molecular formula is C13H11NO. The first-order valence-corrected chi connectivity index (χ1v) is 5.09. The molecular weight excluding hydrogens is 186 g/mol. The van der Waals surface area contributed by atoms with Gasteiger partial charge in [0.1, 0.15) is 0 Å². The van der Waals surface area contributed by atoms with Gasteiger partial charge in [-0.3, -0.25) is 0 Å². The lowest BCUT2D eigenvalue weighted by Gasteiger charge is -2.31. The number of allylic oxidation sites excluding steroid dienone is 2. The summed E-state index contributed by atoms with van der Waals surface area (Å²) in [6.45, 7) is 0. The predicted molar refractivity (Wildman–Crippen MR) is 59.5 cm³/mol. The summed E-state index contributed by atoms with van der Waals surface area (Å²) in [7, 11) is 2.07. The molecule has 74 valence electrons. The van der Waals surface area contributed by atoms with Crippen LogP contribution in [0.1, 0.15) is 12.8 Å². The van der Waals surface area contributed by atoms with Gasteiger partial charge in [0.25, 0.3) is 0 Å². The van der Waals surface area contributed by atoms with Crippen LogP contribution < -0.4 is 9.64 Å². The number of nitrogens with zero attached hydrogens (tertiary/aromatic N) is 1. The van der Waals surface area contributed by atoms with Crippen LogP contribution in [-0.2, 0) is 0 Å². The summed E-state index contributed by atoms with van der Waals surface area (Å²) < 4.78 is 5.77. The summed E-state index contributed by atoms with van der Waals surface area (Å²) >= 11 is 0. The van der Waals surface area contributed by atoms with Crippen LogP contribution in [0.25, 0.3) is 0 Å². The summed E-state index contributed by atoms with van der Waals surface area (Å²) in [6, 6.07) is 8.06. The molecule has 1 heterocycles. The van der Waals surface area contributed by atoms with Crippen molar-refractivity contribution in [2.75, 3.05) is 11.9 Å². The van der Waals surface area contributed by atoms with Gasteiger partial charge in [0.05, 0.1) is 11.4 Å². The van der Waals surface area contributed by atoms with E-state index in [1.165, 1.54) is 5.70 Å². The lowest BCUT2D eigenvalue weighted by atomic mass is 10.1. The normalized spacial score (nSPS) is 17.3. The maximum atomic E-state index is 5.77. The van der Waals surface area contributed by atoms with Gasteiger partial charge >= 0.3 is 0 Å². The number of para-hydroxylation sites is 2. The van der Waals surface area contributed by atoms with E-state index in [0.29, 0.717) is 0 Å². The van der Waals surface area contributed by atoms with Crippen LogP contribution in [0, 0.1) is 11.8 Å². The minimum atomic E-state index is 0.822. The number of hydrogen-bond acceptors (Lipinski definition) is 2. The van der Waals surface area contributed by atoms with Gasteiger partial charge in [-0.25, -0.2) is 0 Å². The summed E-state index contributed by atoms with van der Waals surface area (Å²) in [5.41, 5.74) is 2.33. The lowest BCUT2D eigenvalue weighted by molar-refractivity contribution is 0.426. The zero-order valence-corrected chi connectivity index (χ0v) is 8.58. The number of anilines is 1. The Morgan fingerprint density at radius 1 is 1.33 bits per heavy atom. The van der Waals surface area contributed by atoms with Crippen LogP contribution in [0.3, 0.4) is 0 Å². The molecule has 3 rings (SSSR count). The molecule has 0 N–H and O–H groups in total. The minimum Gasteiger partial charge on any atom is -0.444 e. The highest BCUT2D eigenvalue weighted by molar-refractivity contribution is 5.66. The molecule has 1 aliphatic heterocycles. The van der Waals surface area contributed by atoms with Crippen molar-refractivity contribution in [2.24, 2.45) is 0 Å². The Hall–Kier alpha value is -1.88. The van der Waals surface area contributed by atoms with E-state index in [2.05, 4.69) is 29.9 Å². The molecule has 0 saturated carbocycles. The van der Waals surface area contributed by atoms with Gasteiger partial charge in [-0.1, -0.05) is 18.1 Å². The van der Waals surface area contributed by atoms with Crippen molar-refractivity contribution >= 4 is 5.69 Å². The highest BCUT2D eigenvalue weighted by Crippen LogP contribution is 2.38. The number of fused-ring (bicyclic) bond motifs is 1. The molecule has 1 aromatic carbocycles. The third-order valence-corrected chi connectivity index (χ3v) is 2.79. The second-order valence-corrected chi connectivity index (χ2v) is 3.71. The van der Waals surface area contributed by atoms with Gasteiger partial charge < -0.3 is 9.64 Å². The molecule has 0 spiro atoms. The van der Waals surface area contributed by atoms with Gasteiger partial charge in [0, 0.05) is 19.9 Å². The first-order chi connectivity index (χ1) is 7.36. The average molecular weight is 197 g/mol. The van der Waals surface area contributed by atoms with Gasteiger partial charge in [0.2, 0.25) is 0 Å². The molecule has 1 aromatic rings. The number of hydrogen-bond donors (Lipinski definition) is 0. The van der Waals surface area contributed by atoms with Crippen LogP contribution in [0.15, 0.2) is 35.7 Å². The molecule has 0 aromatic heterocycles. The Morgan fingerprint density at radius 2 is 2.20 bits per heavy atom. The van der Waals surface area contributed by atoms with Crippen LogP contribution in [0.5, 0.6) is 5.75 Å². The monoisotopic (exact) mass is 197 g/mol. The minimum absolute atomic E-state index is 0.822. The van der Waals surface area contributed by atoms with E-state index in [-0.39, 0.29) is 0 Å². The Morgan fingerprint density at radius 3 is 3.13 bits per heavy atom. The van der Waals surface area contributed by atoms with E-state index in [0.717, 1.165) is 30.0 Å². The largest absolute Gasteiger partial charge is 0.444 e. The smallest absolute Gasteiger partial charge is 0.196 e. The van der Waals surface area contributed by atoms with Crippen molar-refractivity contribution in [3.63, 3.8) is 0 Å². The van der Waals surface area contributed by atoms with Crippen molar-refractivity contribution in [3.8, 4) is 17.6 Å². The summed E-state index contributed by atoms with van der Waals surface area (Å²) in [6.07, 6.45) is 1.90. The van der Waals surface area contributed by atoms with Crippen molar-refractivity contribution in [1.29, 1.82) is 0 Å². The van der Waals surface area contributed by atoms with Crippen molar-refractivity contribution in [1.82, 2.24) is 0 Å². The fraction of sp³-hybridized carbons (Fsp3) is 0.231. The van der Waals surface area contributed by atoms with Crippen LogP contribution in [0.2, 0.25) is 0 Å². The Balaban J connectivity index is 2.13. The molecule has 2 aliphatic rings. The molecule has 0 bridgehead atoms. The first-order valence-electron chi connectivity index (χ1n) is 5.09. The van der Waals surface area contributed by atoms with E-state index in [4.69, 9.17) is 4.74 Å². The number of rotatable bonds is 0. The predicted octanol–water partition coefficient (Wildman–Crippen LogP) is 2.52. The highest BCUT2D eigenvalue weighted by atomic mass is 16.5. The number of benzene rings is 1. The fourth-order valence-corrected chi connectivity index (χ4v) is 1.99. The molecule has 0 radical (unpaired) electrons. The van der Waals surface area contributed by atoms with Crippen LogP contribution in [-0.4, -0.2) is 7.05 Å². The Bertz CT molecular complexity index is 505. The third-order valence-electron chi connectivity index (χ3n) is 2.79. The maximum absolute atomic E-state index is 5.77. The van der Waals surface area contributed by atoms with Gasteiger partial charge in [-0.2, -0.15) is 0 Å². The zero-order chi connectivity index (χ0) is 10.3. The lowest BCUT2D eigenvalue weighted by Crippen LogP contribution is -2.25. The molecule has 2 nitrogen and oxygen atoms in total. The molecule has 0 atom stereocenters. The molecule has 0 amide bonds. The quantitative estimate of drug-likeness (QED) is 0.592. The van der Waals surface area contributed by atoms with Crippen molar-refractivity contribution in [3.05, 3.63) is 35.7 Å². The van der Waals surface area contributed by atoms with Gasteiger partial charge in [0.15, 0.2) is 11.5 Å². The van der Waals surface area contributed by atoms with E-state index >= 15 is 0 Å². The Labute approximate surface area is 89.2 Å². The maximum Gasteiger partial charge on any atom is 0.196 e. The third kappa shape index (κ3) is 1.20.